The molecule has 0 saturated heterocycles. The van der Waals surface area contributed by atoms with Crippen molar-refractivity contribution < 1.29 is 24.2 Å². The molecule has 3 N–H and O–H groups in total. The molecule has 0 fully saturated rings. The van der Waals surface area contributed by atoms with Crippen molar-refractivity contribution in [3.63, 3.8) is 0 Å². The van der Waals surface area contributed by atoms with Crippen LogP contribution < -0.4 is 10.6 Å². The van der Waals surface area contributed by atoms with Crippen LogP contribution in [0, 0.1) is 11.8 Å². The van der Waals surface area contributed by atoms with E-state index in [-0.39, 0.29) is 18.4 Å². The van der Waals surface area contributed by atoms with Gasteiger partial charge >= 0.3 is 12.1 Å². The Morgan fingerprint density at radius 1 is 0.971 bits per heavy atom. The zero-order valence-corrected chi connectivity index (χ0v) is 21.4. The third kappa shape index (κ3) is 6.36. The molecule has 2 amide bonds. The molecule has 1 aliphatic rings. The van der Waals surface area contributed by atoms with E-state index in [1.54, 1.807) is 18.7 Å². The van der Waals surface area contributed by atoms with Gasteiger partial charge in [0.1, 0.15) is 12.6 Å². The molecule has 0 bridgehead atoms. The van der Waals surface area contributed by atoms with Crippen molar-refractivity contribution in [3.8, 4) is 11.1 Å². The van der Waals surface area contributed by atoms with Gasteiger partial charge in [-0.1, -0.05) is 62.4 Å². The molecule has 1 aliphatic carbocycles. The molecule has 0 saturated carbocycles. The summed E-state index contributed by atoms with van der Waals surface area (Å²) in [6.45, 7) is 5.44. The topological polar surface area (TPSA) is 105 Å². The first-order chi connectivity index (χ1) is 16.7. The van der Waals surface area contributed by atoms with Crippen LogP contribution in [0.15, 0.2) is 48.5 Å². The molecule has 2 aromatic carbocycles. The monoisotopic (exact) mass is 498 g/mol. The maximum absolute atomic E-state index is 12.9. The van der Waals surface area contributed by atoms with Crippen molar-refractivity contribution in [3.05, 3.63) is 59.7 Å². The van der Waals surface area contributed by atoms with Gasteiger partial charge in [-0.05, 0) is 53.5 Å². The van der Waals surface area contributed by atoms with E-state index in [2.05, 4.69) is 22.8 Å². The maximum atomic E-state index is 12.9. The first-order valence-electron chi connectivity index (χ1n) is 11.9. The van der Waals surface area contributed by atoms with Crippen molar-refractivity contribution in [1.82, 2.24) is 10.6 Å². The molecule has 0 spiro atoms. The van der Waals surface area contributed by atoms with Crippen molar-refractivity contribution in [2.75, 3.05) is 18.6 Å². The van der Waals surface area contributed by atoms with Gasteiger partial charge in [0.25, 0.3) is 0 Å². The third-order valence-electron chi connectivity index (χ3n) is 6.47. The number of carboxylic acids is 1. The molecular formula is C27H34N2O5S. The smallest absolute Gasteiger partial charge is 0.407 e. The minimum Gasteiger partial charge on any atom is -0.481 e. The van der Waals surface area contributed by atoms with Gasteiger partial charge < -0.3 is 20.5 Å². The minimum atomic E-state index is -0.960. The maximum Gasteiger partial charge on any atom is 0.407 e. The number of nitrogens with one attached hydrogen (secondary N) is 2. The van der Waals surface area contributed by atoms with E-state index in [4.69, 9.17) is 4.74 Å². The molecule has 2 unspecified atom stereocenters. The van der Waals surface area contributed by atoms with Gasteiger partial charge in [-0.15, -0.1) is 0 Å². The van der Waals surface area contributed by atoms with Crippen LogP contribution >= 0.6 is 11.8 Å². The second kappa shape index (κ2) is 12.1. The number of alkyl carbamates (subject to hydrolysis) is 1. The Balaban J connectivity index is 1.65. The zero-order chi connectivity index (χ0) is 25.5. The average Bonchev–Trinajstić information content (AvgIpc) is 3.13. The number of carbonyl (C=O) groups is 3. The summed E-state index contributed by atoms with van der Waals surface area (Å²) in [6.07, 6.45) is 1.66. The van der Waals surface area contributed by atoms with Gasteiger partial charge in [0.05, 0.1) is 5.92 Å². The Kier molecular flexibility index (Phi) is 9.20. The summed E-state index contributed by atoms with van der Waals surface area (Å²) in [6, 6.07) is 14.8. The molecule has 3 rings (SSSR count). The van der Waals surface area contributed by atoms with Gasteiger partial charge in [-0.2, -0.15) is 11.8 Å². The van der Waals surface area contributed by atoms with Crippen molar-refractivity contribution in [2.24, 2.45) is 11.8 Å². The van der Waals surface area contributed by atoms with Crippen LogP contribution in [-0.4, -0.2) is 53.8 Å². The molecule has 3 atom stereocenters. The summed E-state index contributed by atoms with van der Waals surface area (Å²) in [5.74, 6) is -1.67. The molecule has 2 aromatic rings. The fraction of sp³-hybridized carbons (Fsp3) is 0.444. The van der Waals surface area contributed by atoms with E-state index in [1.807, 2.05) is 56.5 Å². The molecule has 0 radical (unpaired) electrons. The Morgan fingerprint density at radius 2 is 1.54 bits per heavy atom. The lowest BCUT2D eigenvalue weighted by atomic mass is 9.89. The highest BCUT2D eigenvalue weighted by Gasteiger charge is 2.32. The van der Waals surface area contributed by atoms with Crippen LogP contribution in [0.5, 0.6) is 0 Å². The molecular weight excluding hydrogens is 464 g/mol. The molecule has 0 aliphatic heterocycles. The second-order valence-corrected chi connectivity index (χ2v) is 10.2. The first kappa shape index (κ1) is 26.6. The molecule has 188 valence electrons. The highest BCUT2D eigenvalue weighted by Crippen LogP contribution is 2.44. The normalized spacial score (nSPS) is 15.0. The molecule has 0 heterocycles. The zero-order valence-electron chi connectivity index (χ0n) is 20.6. The van der Waals surface area contributed by atoms with E-state index < -0.39 is 36.0 Å². The number of hydrogen-bond acceptors (Lipinski definition) is 5. The summed E-state index contributed by atoms with van der Waals surface area (Å²) in [5, 5.41) is 15.0. The third-order valence-corrected chi connectivity index (χ3v) is 7.12. The van der Waals surface area contributed by atoms with Crippen LogP contribution in [0.3, 0.4) is 0 Å². The fourth-order valence-corrected chi connectivity index (χ4v) is 5.25. The fourth-order valence-electron chi connectivity index (χ4n) is 4.78. The Bertz CT molecular complexity index is 1010. The van der Waals surface area contributed by atoms with Crippen LogP contribution in [0.4, 0.5) is 4.79 Å². The van der Waals surface area contributed by atoms with E-state index in [9.17, 15) is 19.5 Å². The number of amides is 2. The number of aliphatic carboxylic acids is 1. The predicted molar refractivity (Wildman–Crippen MR) is 139 cm³/mol. The number of fused-ring (bicyclic) bond motifs is 3. The minimum absolute atomic E-state index is 0.0750. The van der Waals surface area contributed by atoms with Crippen LogP contribution in [0.1, 0.15) is 44.2 Å². The van der Waals surface area contributed by atoms with Gasteiger partial charge in [-0.3, -0.25) is 9.59 Å². The number of thioether (sulfide) groups is 1. The van der Waals surface area contributed by atoms with Crippen LogP contribution in [-0.2, 0) is 14.3 Å². The SMILES string of the molecule is CSCC[C@H](NC(=O)OCC1c2ccccc2-c2ccccc21)C(=O)NC(C)C(C(=O)O)C(C)C. The van der Waals surface area contributed by atoms with Crippen LogP contribution in [0.25, 0.3) is 11.1 Å². The van der Waals surface area contributed by atoms with Crippen molar-refractivity contribution in [1.29, 1.82) is 0 Å². The number of carboxylic acid groups (broad SMARTS) is 1. The molecule has 0 aromatic heterocycles. The number of rotatable bonds is 11. The predicted octanol–water partition coefficient (Wildman–Crippen LogP) is 4.51. The van der Waals surface area contributed by atoms with Crippen LogP contribution in [0.2, 0.25) is 0 Å². The van der Waals surface area contributed by atoms with Gasteiger partial charge in [-0.25, -0.2) is 4.79 Å². The van der Waals surface area contributed by atoms with E-state index >= 15 is 0 Å². The lowest BCUT2D eigenvalue weighted by Crippen LogP contribution is -2.52. The molecule has 8 heteroatoms. The second-order valence-electron chi connectivity index (χ2n) is 9.21. The Morgan fingerprint density at radius 3 is 2.06 bits per heavy atom. The number of carbonyl (C=O) groups excluding carboxylic acids is 2. The lowest BCUT2D eigenvalue weighted by Gasteiger charge is -2.27. The van der Waals surface area contributed by atoms with Gasteiger partial charge in [0.2, 0.25) is 5.91 Å². The summed E-state index contributed by atoms with van der Waals surface area (Å²) >= 11 is 1.56. The Labute approximate surface area is 211 Å². The van der Waals surface area contributed by atoms with Gasteiger partial charge in [0, 0.05) is 12.0 Å². The van der Waals surface area contributed by atoms with Crippen molar-refractivity contribution >= 4 is 29.7 Å². The van der Waals surface area contributed by atoms with E-state index in [0.717, 1.165) is 22.3 Å². The first-order valence-corrected chi connectivity index (χ1v) is 13.3. The van der Waals surface area contributed by atoms with E-state index in [0.29, 0.717) is 12.2 Å². The highest BCUT2D eigenvalue weighted by molar-refractivity contribution is 7.98. The summed E-state index contributed by atoms with van der Waals surface area (Å²) < 4.78 is 5.60. The quantitative estimate of drug-likeness (QED) is 0.421. The number of ether oxygens (including phenoxy) is 1. The van der Waals surface area contributed by atoms with Gasteiger partial charge in [0.15, 0.2) is 0 Å². The largest absolute Gasteiger partial charge is 0.481 e. The number of hydrogen-bond donors (Lipinski definition) is 3. The average molecular weight is 499 g/mol. The lowest BCUT2D eigenvalue weighted by molar-refractivity contribution is -0.144. The number of benzene rings is 2. The molecule has 7 nitrogen and oxygen atoms in total. The Hall–Kier alpha value is -3.00. The highest BCUT2D eigenvalue weighted by atomic mass is 32.2. The summed E-state index contributed by atoms with van der Waals surface area (Å²) in [5.41, 5.74) is 4.50. The summed E-state index contributed by atoms with van der Waals surface area (Å²) in [4.78, 5) is 37.3. The summed E-state index contributed by atoms with van der Waals surface area (Å²) in [7, 11) is 0. The van der Waals surface area contributed by atoms with Crippen molar-refractivity contribution in [2.45, 2.75) is 45.2 Å². The molecule has 35 heavy (non-hydrogen) atoms. The van der Waals surface area contributed by atoms with E-state index in [1.165, 1.54) is 0 Å². The standard InChI is InChI=1S/C27H34N2O5S/c1-16(2)24(26(31)32)17(3)28-25(30)23(13-14-35-4)29-27(33)34-15-22-20-11-7-5-9-18(20)19-10-6-8-12-21(19)22/h5-12,16-17,22-24H,13-15H2,1-4H3,(H,28,30)(H,29,33)(H,31,32)/t17?,23-,24?/m0/s1.